The molecule has 0 fully saturated rings. The van der Waals surface area contributed by atoms with Gasteiger partial charge in [-0.05, 0) is 12.1 Å². The number of hydrogen-bond acceptors (Lipinski definition) is 7. The minimum Gasteiger partial charge on any atom is -0.476 e. The summed E-state index contributed by atoms with van der Waals surface area (Å²) in [6.07, 6.45) is -1.61. The van der Waals surface area contributed by atoms with Gasteiger partial charge < -0.3 is 15.4 Å². The smallest absolute Gasteiger partial charge is 0.419 e. The van der Waals surface area contributed by atoms with Crippen LogP contribution in [-0.4, -0.2) is 34.4 Å². The molecule has 0 saturated heterocycles. The number of hydrogen-bond donors (Lipinski definition) is 3. The molecular weight excluding hydrogens is 429 g/mol. The van der Waals surface area contributed by atoms with Crippen LogP contribution in [0.15, 0.2) is 42.7 Å². The SMILES string of the molecule is CONC(=O)c1ccccc1Nc1cc(Nc2cnn3c2OCCC3)ncc1C(F)(F)F. The number of benzene rings is 1. The van der Waals surface area contributed by atoms with Crippen LogP contribution < -0.4 is 20.9 Å². The molecule has 3 aromatic rings. The number of nitrogens with one attached hydrogen (secondary N) is 3. The molecule has 3 heterocycles. The maximum Gasteiger partial charge on any atom is 0.419 e. The first-order valence-electron chi connectivity index (χ1n) is 9.59. The number of halogens is 3. The van der Waals surface area contributed by atoms with Crippen LogP contribution in [0.5, 0.6) is 5.88 Å². The molecule has 1 amide bonds. The van der Waals surface area contributed by atoms with Crippen molar-refractivity contribution in [2.24, 2.45) is 0 Å². The molecule has 4 rings (SSSR count). The summed E-state index contributed by atoms with van der Waals surface area (Å²) < 4.78 is 48.2. The quantitative estimate of drug-likeness (QED) is 0.492. The predicted molar refractivity (Wildman–Crippen MR) is 109 cm³/mol. The average molecular weight is 448 g/mol. The molecule has 0 atom stereocenters. The third kappa shape index (κ3) is 4.44. The van der Waals surface area contributed by atoms with Gasteiger partial charge in [-0.2, -0.15) is 18.3 Å². The van der Waals surface area contributed by atoms with Gasteiger partial charge in [0.2, 0.25) is 5.88 Å². The summed E-state index contributed by atoms with van der Waals surface area (Å²) in [5.41, 5.74) is 1.64. The Bertz CT molecular complexity index is 1130. The van der Waals surface area contributed by atoms with E-state index >= 15 is 0 Å². The van der Waals surface area contributed by atoms with Gasteiger partial charge in [0, 0.05) is 25.2 Å². The summed E-state index contributed by atoms with van der Waals surface area (Å²) >= 11 is 0. The maximum atomic E-state index is 13.6. The van der Waals surface area contributed by atoms with Crippen molar-refractivity contribution in [3.05, 3.63) is 53.9 Å². The van der Waals surface area contributed by atoms with Crippen LogP contribution in [0.2, 0.25) is 0 Å². The lowest BCUT2D eigenvalue weighted by molar-refractivity contribution is -0.137. The van der Waals surface area contributed by atoms with Crippen molar-refractivity contribution in [1.29, 1.82) is 0 Å². The van der Waals surface area contributed by atoms with E-state index in [0.717, 1.165) is 12.6 Å². The van der Waals surface area contributed by atoms with Gasteiger partial charge in [-0.15, -0.1) is 0 Å². The normalized spacial score (nSPS) is 13.1. The Kier molecular flexibility index (Phi) is 5.86. The second-order valence-corrected chi connectivity index (χ2v) is 6.83. The second-order valence-electron chi connectivity index (χ2n) is 6.83. The Morgan fingerprint density at radius 3 is 2.75 bits per heavy atom. The first kappa shape index (κ1) is 21.4. The fourth-order valence-electron chi connectivity index (χ4n) is 3.23. The maximum absolute atomic E-state index is 13.6. The molecule has 0 spiro atoms. The van der Waals surface area contributed by atoms with Crippen LogP contribution in [0.3, 0.4) is 0 Å². The highest BCUT2D eigenvalue weighted by atomic mass is 19.4. The molecule has 12 heteroatoms. The molecule has 1 aliphatic heterocycles. The van der Waals surface area contributed by atoms with Crippen molar-refractivity contribution < 1.29 is 27.5 Å². The third-order valence-corrected chi connectivity index (χ3v) is 4.65. The van der Waals surface area contributed by atoms with Crippen molar-refractivity contribution in [2.45, 2.75) is 19.1 Å². The Morgan fingerprint density at radius 2 is 1.97 bits per heavy atom. The van der Waals surface area contributed by atoms with Crippen LogP contribution in [0.4, 0.5) is 36.1 Å². The number of amides is 1. The van der Waals surface area contributed by atoms with Gasteiger partial charge in [0.25, 0.3) is 5.91 Å². The lowest BCUT2D eigenvalue weighted by Gasteiger charge is -2.18. The van der Waals surface area contributed by atoms with Gasteiger partial charge in [-0.1, -0.05) is 12.1 Å². The molecule has 32 heavy (non-hydrogen) atoms. The highest BCUT2D eigenvalue weighted by Gasteiger charge is 2.34. The van der Waals surface area contributed by atoms with E-state index in [0.29, 0.717) is 24.7 Å². The first-order valence-corrected chi connectivity index (χ1v) is 9.59. The molecule has 1 aliphatic rings. The zero-order chi connectivity index (χ0) is 22.7. The van der Waals surface area contributed by atoms with Gasteiger partial charge in [0.05, 0.1) is 42.4 Å². The lowest BCUT2D eigenvalue weighted by atomic mass is 10.1. The predicted octanol–water partition coefficient (Wildman–Crippen LogP) is 3.86. The third-order valence-electron chi connectivity index (χ3n) is 4.65. The minimum atomic E-state index is -4.67. The molecule has 2 aromatic heterocycles. The van der Waals surface area contributed by atoms with E-state index in [-0.39, 0.29) is 22.8 Å². The number of carbonyl (C=O) groups excluding carboxylic acids is 1. The molecule has 0 saturated carbocycles. The van der Waals surface area contributed by atoms with Crippen LogP contribution in [-0.2, 0) is 17.6 Å². The van der Waals surface area contributed by atoms with E-state index in [1.807, 2.05) is 0 Å². The average Bonchev–Trinajstić information content (AvgIpc) is 3.16. The number of anilines is 4. The monoisotopic (exact) mass is 448 g/mol. The summed E-state index contributed by atoms with van der Waals surface area (Å²) in [6, 6.07) is 7.33. The van der Waals surface area contributed by atoms with E-state index in [2.05, 4.69) is 31.0 Å². The zero-order valence-corrected chi connectivity index (χ0v) is 16.9. The molecule has 0 aliphatic carbocycles. The molecule has 1 aromatic carbocycles. The van der Waals surface area contributed by atoms with Crippen molar-refractivity contribution >= 4 is 28.8 Å². The summed E-state index contributed by atoms with van der Waals surface area (Å²) in [4.78, 5) is 20.7. The summed E-state index contributed by atoms with van der Waals surface area (Å²) in [5.74, 6) is 0.0264. The molecule has 3 N–H and O–H groups in total. The standard InChI is InChI=1S/C20H19F3N6O3/c1-31-28-18(30)12-5-2-3-6-14(12)26-15-9-17(24-10-13(15)20(21,22)23)27-16-11-25-29-7-4-8-32-19(16)29/h2-3,5-6,9-11H,4,7-8H2,1H3,(H,28,30)(H2,24,26,27). The summed E-state index contributed by atoms with van der Waals surface area (Å²) in [7, 11) is 1.26. The lowest BCUT2D eigenvalue weighted by Crippen LogP contribution is -2.22. The topological polar surface area (TPSA) is 102 Å². The zero-order valence-electron chi connectivity index (χ0n) is 16.9. The van der Waals surface area contributed by atoms with E-state index in [1.54, 1.807) is 16.8 Å². The number of pyridine rings is 1. The highest BCUT2D eigenvalue weighted by Crippen LogP contribution is 2.38. The Morgan fingerprint density at radius 1 is 1.16 bits per heavy atom. The number of para-hydroxylation sites is 1. The molecule has 0 unspecified atom stereocenters. The number of ether oxygens (including phenoxy) is 1. The van der Waals surface area contributed by atoms with E-state index < -0.39 is 17.6 Å². The van der Waals surface area contributed by atoms with Crippen LogP contribution in [0.1, 0.15) is 22.3 Å². The number of rotatable bonds is 6. The van der Waals surface area contributed by atoms with Gasteiger partial charge >= 0.3 is 6.18 Å². The number of aryl methyl sites for hydroxylation is 1. The fraction of sp³-hybridized carbons (Fsp3) is 0.250. The van der Waals surface area contributed by atoms with Crippen molar-refractivity contribution in [3.8, 4) is 5.88 Å². The van der Waals surface area contributed by atoms with Crippen LogP contribution in [0.25, 0.3) is 0 Å². The van der Waals surface area contributed by atoms with Crippen LogP contribution >= 0.6 is 0 Å². The summed E-state index contributed by atoms with van der Waals surface area (Å²) in [6.45, 7) is 1.21. The van der Waals surface area contributed by atoms with Crippen molar-refractivity contribution in [2.75, 3.05) is 24.4 Å². The fourth-order valence-corrected chi connectivity index (χ4v) is 3.23. The Hall–Kier alpha value is -3.80. The van der Waals surface area contributed by atoms with E-state index in [9.17, 15) is 18.0 Å². The largest absolute Gasteiger partial charge is 0.476 e. The Labute approximate surface area is 180 Å². The van der Waals surface area contributed by atoms with Crippen molar-refractivity contribution in [1.82, 2.24) is 20.2 Å². The number of fused-ring (bicyclic) bond motifs is 1. The number of alkyl halides is 3. The Balaban J connectivity index is 1.68. The van der Waals surface area contributed by atoms with Crippen molar-refractivity contribution in [3.63, 3.8) is 0 Å². The van der Waals surface area contributed by atoms with E-state index in [1.165, 1.54) is 31.5 Å². The second kappa shape index (κ2) is 8.75. The molecule has 0 radical (unpaired) electrons. The van der Waals surface area contributed by atoms with Gasteiger partial charge in [0.1, 0.15) is 11.5 Å². The van der Waals surface area contributed by atoms with E-state index in [4.69, 9.17) is 4.74 Å². The highest BCUT2D eigenvalue weighted by molar-refractivity contribution is 5.99. The van der Waals surface area contributed by atoms with Crippen LogP contribution in [0, 0.1) is 0 Å². The van der Waals surface area contributed by atoms with Gasteiger partial charge in [-0.3, -0.25) is 9.63 Å². The molecule has 168 valence electrons. The number of hydroxylamine groups is 1. The first-order chi connectivity index (χ1) is 15.4. The van der Waals surface area contributed by atoms with Gasteiger partial charge in [0.15, 0.2) is 0 Å². The number of aromatic nitrogens is 3. The minimum absolute atomic E-state index is 0.105. The molecule has 9 nitrogen and oxygen atoms in total. The van der Waals surface area contributed by atoms with Gasteiger partial charge in [-0.25, -0.2) is 15.1 Å². The summed E-state index contributed by atoms with van der Waals surface area (Å²) in [5, 5.41) is 9.85. The molecular formula is C20H19F3N6O3. The number of carbonyl (C=O) groups is 1. The number of nitrogens with zero attached hydrogens (tertiary/aromatic N) is 3. The molecule has 0 bridgehead atoms.